The van der Waals surface area contributed by atoms with Gasteiger partial charge in [-0.2, -0.15) is 0 Å². The first-order valence-electron chi connectivity index (χ1n) is 8.95. The van der Waals surface area contributed by atoms with Gasteiger partial charge in [0.05, 0.1) is 23.7 Å². The quantitative estimate of drug-likeness (QED) is 0.553. The topological polar surface area (TPSA) is 58.2 Å². The maximum atomic E-state index is 13.0. The first kappa shape index (κ1) is 17.9. The molecular formula is C22H21N3O3. The second-order valence-corrected chi connectivity index (χ2v) is 6.88. The SMILES string of the molecule is COc1ccc(-n2cc3c(c2-c2cccc(C)c2)c(=O)n(C)c(=O)n3C)cc1. The molecule has 0 spiro atoms. The van der Waals surface area contributed by atoms with E-state index in [-0.39, 0.29) is 11.2 Å². The first-order chi connectivity index (χ1) is 13.4. The standard InChI is InChI=1S/C22H21N3O3/c1-14-6-5-7-15(12-14)20-19-18(23(2)22(27)24(3)21(19)26)13-25(20)16-8-10-17(28-4)11-9-16/h5-13H,1-4H3. The van der Waals surface area contributed by atoms with E-state index in [9.17, 15) is 9.59 Å². The predicted octanol–water partition coefficient (Wildman–Crippen LogP) is 3.01. The number of hydrogen-bond acceptors (Lipinski definition) is 3. The molecule has 28 heavy (non-hydrogen) atoms. The van der Waals surface area contributed by atoms with Crippen molar-refractivity contribution in [1.29, 1.82) is 0 Å². The van der Waals surface area contributed by atoms with Gasteiger partial charge in [0.15, 0.2) is 0 Å². The summed E-state index contributed by atoms with van der Waals surface area (Å²) < 4.78 is 9.88. The van der Waals surface area contributed by atoms with Gasteiger partial charge in [-0.25, -0.2) is 4.79 Å². The average Bonchev–Trinajstić information content (AvgIpc) is 3.11. The van der Waals surface area contributed by atoms with Crippen molar-refractivity contribution in [3.8, 4) is 22.7 Å². The maximum Gasteiger partial charge on any atom is 0.330 e. The molecule has 2 aromatic carbocycles. The van der Waals surface area contributed by atoms with Crippen LogP contribution in [0.15, 0.2) is 64.3 Å². The van der Waals surface area contributed by atoms with Gasteiger partial charge in [-0.1, -0.05) is 23.8 Å². The molecule has 0 unspecified atom stereocenters. The third kappa shape index (κ3) is 2.65. The Balaban J connectivity index is 2.16. The molecule has 6 nitrogen and oxygen atoms in total. The molecule has 142 valence electrons. The fourth-order valence-corrected chi connectivity index (χ4v) is 3.56. The number of benzene rings is 2. The largest absolute Gasteiger partial charge is 0.497 e. The molecule has 0 atom stereocenters. The molecule has 4 rings (SSSR count). The number of ether oxygens (including phenoxy) is 1. The van der Waals surface area contributed by atoms with Crippen molar-refractivity contribution < 1.29 is 4.74 Å². The van der Waals surface area contributed by atoms with Crippen molar-refractivity contribution in [2.45, 2.75) is 6.92 Å². The van der Waals surface area contributed by atoms with Gasteiger partial charge in [0.2, 0.25) is 0 Å². The minimum atomic E-state index is -0.347. The van der Waals surface area contributed by atoms with Gasteiger partial charge in [0, 0.05) is 26.0 Å². The summed E-state index contributed by atoms with van der Waals surface area (Å²) in [5.41, 5.74) is 3.60. The van der Waals surface area contributed by atoms with Crippen LogP contribution in [0.3, 0.4) is 0 Å². The van der Waals surface area contributed by atoms with Crippen LogP contribution in [0.5, 0.6) is 5.75 Å². The van der Waals surface area contributed by atoms with Crippen molar-refractivity contribution in [2.24, 2.45) is 14.1 Å². The average molecular weight is 375 g/mol. The van der Waals surface area contributed by atoms with Gasteiger partial charge in [0.1, 0.15) is 5.75 Å². The van der Waals surface area contributed by atoms with E-state index in [0.717, 1.165) is 32.8 Å². The summed E-state index contributed by atoms with van der Waals surface area (Å²) in [5.74, 6) is 0.751. The number of methoxy groups -OCH3 is 1. The molecule has 0 aliphatic heterocycles. The van der Waals surface area contributed by atoms with E-state index in [1.807, 2.05) is 66.2 Å². The van der Waals surface area contributed by atoms with Gasteiger partial charge in [-0.3, -0.25) is 13.9 Å². The molecule has 0 aliphatic rings. The van der Waals surface area contributed by atoms with E-state index >= 15 is 0 Å². The number of rotatable bonds is 3. The Kier molecular flexibility index (Phi) is 4.19. The van der Waals surface area contributed by atoms with Gasteiger partial charge in [-0.15, -0.1) is 0 Å². The highest BCUT2D eigenvalue weighted by Gasteiger charge is 2.20. The Hall–Kier alpha value is -3.54. The maximum absolute atomic E-state index is 13.0. The molecule has 2 aromatic heterocycles. The van der Waals surface area contributed by atoms with Crippen LogP contribution in [0.2, 0.25) is 0 Å². The molecule has 2 heterocycles. The van der Waals surface area contributed by atoms with E-state index in [1.165, 1.54) is 11.6 Å². The van der Waals surface area contributed by atoms with E-state index in [1.54, 1.807) is 14.2 Å². The van der Waals surface area contributed by atoms with Crippen LogP contribution in [0, 0.1) is 6.92 Å². The van der Waals surface area contributed by atoms with Gasteiger partial charge >= 0.3 is 5.69 Å². The van der Waals surface area contributed by atoms with Gasteiger partial charge in [0.25, 0.3) is 5.56 Å². The zero-order chi connectivity index (χ0) is 20.0. The summed E-state index contributed by atoms with van der Waals surface area (Å²) in [6.07, 6.45) is 1.84. The second kappa shape index (κ2) is 6.56. The van der Waals surface area contributed by atoms with Crippen LogP contribution < -0.4 is 16.0 Å². The molecule has 0 N–H and O–H groups in total. The zero-order valence-corrected chi connectivity index (χ0v) is 16.3. The van der Waals surface area contributed by atoms with Crippen molar-refractivity contribution >= 4 is 10.9 Å². The highest BCUT2D eigenvalue weighted by Crippen LogP contribution is 2.31. The molecule has 4 aromatic rings. The van der Waals surface area contributed by atoms with Gasteiger partial charge in [-0.05, 0) is 42.8 Å². The van der Waals surface area contributed by atoms with Crippen molar-refractivity contribution in [3.63, 3.8) is 0 Å². The van der Waals surface area contributed by atoms with Crippen LogP contribution in [0.4, 0.5) is 0 Å². The Morgan fingerprint density at radius 2 is 1.64 bits per heavy atom. The summed E-state index contributed by atoms with van der Waals surface area (Å²) >= 11 is 0. The molecule has 0 radical (unpaired) electrons. The predicted molar refractivity (Wildman–Crippen MR) is 110 cm³/mol. The third-order valence-corrected chi connectivity index (χ3v) is 5.08. The lowest BCUT2D eigenvalue weighted by atomic mass is 10.1. The summed E-state index contributed by atoms with van der Waals surface area (Å²) in [6.45, 7) is 2.01. The summed E-state index contributed by atoms with van der Waals surface area (Å²) in [5, 5.41) is 0.519. The van der Waals surface area contributed by atoms with Crippen LogP contribution in [0.25, 0.3) is 27.8 Å². The Bertz CT molecular complexity index is 1310. The molecule has 0 saturated heterocycles. The normalized spacial score (nSPS) is 11.1. The smallest absolute Gasteiger partial charge is 0.330 e. The minimum Gasteiger partial charge on any atom is -0.497 e. The van der Waals surface area contributed by atoms with Crippen LogP contribution in [-0.4, -0.2) is 20.8 Å². The molecule has 0 aliphatic carbocycles. The van der Waals surface area contributed by atoms with Crippen molar-refractivity contribution in [3.05, 3.63) is 81.1 Å². The summed E-state index contributed by atoms with van der Waals surface area (Å²) in [7, 11) is 4.81. The number of aryl methyl sites for hydroxylation is 2. The molecule has 0 amide bonds. The minimum absolute atomic E-state index is 0.304. The Morgan fingerprint density at radius 3 is 2.29 bits per heavy atom. The Morgan fingerprint density at radius 1 is 0.929 bits per heavy atom. The lowest BCUT2D eigenvalue weighted by molar-refractivity contribution is 0.415. The number of nitrogens with zero attached hydrogens (tertiary/aromatic N) is 3. The summed E-state index contributed by atoms with van der Waals surface area (Å²) in [4.78, 5) is 25.5. The van der Waals surface area contributed by atoms with Crippen molar-refractivity contribution in [2.75, 3.05) is 7.11 Å². The van der Waals surface area contributed by atoms with Crippen LogP contribution >= 0.6 is 0 Å². The third-order valence-electron chi connectivity index (χ3n) is 5.08. The molecule has 0 bridgehead atoms. The summed E-state index contributed by atoms with van der Waals surface area (Å²) in [6, 6.07) is 15.6. The van der Waals surface area contributed by atoms with E-state index < -0.39 is 0 Å². The zero-order valence-electron chi connectivity index (χ0n) is 16.3. The highest BCUT2D eigenvalue weighted by molar-refractivity contribution is 5.94. The first-order valence-corrected chi connectivity index (χ1v) is 8.95. The lowest BCUT2D eigenvalue weighted by Crippen LogP contribution is -2.36. The van der Waals surface area contributed by atoms with Crippen LogP contribution in [-0.2, 0) is 14.1 Å². The monoisotopic (exact) mass is 375 g/mol. The lowest BCUT2D eigenvalue weighted by Gasteiger charge is -2.11. The molecule has 0 saturated carbocycles. The van der Waals surface area contributed by atoms with Gasteiger partial charge < -0.3 is 9.30 Å². The fraction of sp³-hybridized carbons (Fsp3) is 0.182. The van der Waals surface area contributed by atoms with E-state index in [2.05, 4.69) is 0 Å². The fourth-order valence-electron chi connectivity index (χ4n) is 3.56. The number of fused-ring (bicyclic) bond motifs is 1. The molecule has 0 fully saturated rings. The molecular weight excluding hydrogens is 354 g/mol. The number of aromatic nitrogens is 3. The van der Waals surface area contributed by atoms with Crippen molar-refractivity contribution in [1.82, 2.24) is 13.7 Å². The second-order valence-electron chi connectivity index (χ2n) is 6.88. The van der Waals surface area contributed by atoms with Crippen LogP contribution in [0.1, 0.15) is 5.56 Å². The Labute approximate surface area is 161 Å². The molecule has 6 heteroatoms. The van der Waals surface area contributed by atoms with E-state index in [4.69, 9.17) is 4.74 Å². The highest BCUT2D eigenvalue weighted by atomic mass is 16.5. The number of hydrogen-bond donors (Lipinski definition) is 0. The van der Waals surface area contributed by atoms with E-state index in [0.29, 0.717) is 10.9 Å².